The van der Waals surface area contributed by atoms with Crippen LogP contribution >= 0.6 is 24.0 Å². The van der Waals surface area contributed by atoms with Crippen LogP contribution in [-0.4, -0.2) is 41.4 Å². The average Bonchev–Trinajstić information content (AvgIpc) is 2.52. The van der Waals surface area contributed by atoms with E-state index in [0.717, 1.165) is 32.4 Å². The molecule has 0 radical (unpaired) electrons. The minimum atomic E-state index is -0.517. The standard InChI is InChI=1S/C15H20ClN3O3.ClH/c1-2-9-18(11-5-7-17-8-6-11)15(20)13-4-3-12(19(21)22)10-14(13)16;/h3-4,10-11,17H,2,5-9H2,1H3;1H. The van der Waals surface area contributed by atoms with E-state index < -0.39 is 4.92 Å². The van der Waals surface area contributed by atoms with E-state index in [1.165, 1.54) is 18.2 Å². The molecule has 1 aromatic carbocycles. The Balaban J connectivity index is 0.00000264. The van der Waals surface area contributed by atoms with Gasteiger partial charge in [0.2, 0.25) is 0 Å². The maximum atomic E-state index is 12.8. The summed E-state index contributed by atoms with van der Waals surface area (Å²) in [5.74, 6) is -0.145. The number of nitro benzene ring substituents is 1. The smallest absolute Gasteiger partial charge is 0.270 e. The van der Waals surface area contributed by atoms with Crippen LogP contribution < -0.4 is 5.32 Å². The van der Waals surface area contributed by atoms with Gasteiger partial charge in [0.1, 0.15) is 0 Å². The van der Waals surface area contributed by atoms with E-state index in [-0.39, 0.29) is 35.1 Å². The van der Waals surface area contributed by atoms with Gasteiger partial charge in [-0.25, -0.2) is 0 Å². The van der Waals surface area contributed by atoms with Crippen molar-refractivity contribution in [2.75, 3.05) is 19.6 Å². The molecule has 2 rings (SSSR count). The highest BCUT2D eigenvalue weighted by molar-refractivity contribution is 6.34. The molecule has 1 aliphatic rings. The summed E-state index contributed by atoms with van der Waals surface area (Å²) < 4.78 is 0. The maximum absolute atomic E-state index is 12.8. The highest BCUT2D eigenvalue weighted by Crippen LogP contribution is 2.25. The molecule has 23 heavy (non-hydrogen) atoms. The summed E-state index contributed by atoms with van der Waals surface area (Å²) in [5.41, 5.74) is 0.227. The van der Waals surface area contributed by atoms with Crippen LogP contribution in [0.2, 0.25) is 5.02 Å². The third kappa shape index (κ3) is 4.80. The second-order valence-electron chi connectivity index (χ2n) is 5.40. The Bertz CT molecular complexity index is 563. The predicted octanol–water partition coefficient (Wildman–Crippen LogP) is 3.27. The minimum absolute atomic E-state index is 0. The van der Waals surface area contributed by atoms with E-state index in [1.54, 1.807) is 0 Å². The van der Waals surface area contributed by atoms with Crippen LogP contribution in [0, 0.1) is 10.1 Å². The highest BCUT2D eigenvalue weighted by Gasteiger charge is 2.27. The second-order valence-corrected chi connectivity index (χ2v) is 5.81. The van der Waals surface area contributed by atoms with Crippen molar-refractivity contribution < 1.29 is 9.72 Å². The fraction of sp³-hybridized carbons (Fsp3) is 0.533. The summed E-state index contributed by atoms with van der Waals surface area (Å²) in [4.78, 5) is 24.9. The lowest BCUT2D eigenvalue weighted by atomic mass is 10.0. The molecule has 0 spiro atoms. The second kappa shape index (κ2) is 9.05. The number of hydrogen-bond acceptors (Lipinski definition) is 4. The predicted molar refractivity (Wildman–Crippen MR) is 92.6 cm³/mol. The summed E-state index contributed by atoms with van der Waals surface area (Å²) in [7, 11) is 0. The zero-order valence-corrected chi connectivity index (χ0v) is 14.5. The van der Waals surface area contributed by atoms with Crippen LogP contribution in [-0.2, 0) is 0 Å². The van der Waals surface area contributed by atoms with Gasteiger partial charge in [-0.05, 0) is 38.4 Å². The van der Waals surface area contributed by atoms with Crippen molar-refractivity contribution >= 4 is 35.6 Å². The van der Waals surface area contributed by atoms with Gasteiger partial charge < -0.3 is 10.2 Å². The van der Waals surface area contributed by atoms with E-state index in [4.69, 9.17) is 11.6 Å². The number of nitrogens with one attached hydrogen (secondary N) is 1. The molecule has 8 heteroatoms. The summed E-state index contributed by atoms with van der Waals surface area (Å²) in [6.07, 6.45) is 2.69. The lowest BCUT2D eigenvalue weighted by Gasteiger charge is -2.34. The number of nitrogens with zero attached hydrogens (tertiary/aromatic N) is 2. The largest absolute Gasteiger partial charge is 0.336 e. The maximum Gasteiger partial charge on any atom is 0.270 e. The molecule has 0 bridgehead atoms. The van der Waals surface area contributed by atoms with Gasteiger partial charge in [-0.2, -0.15) is 0 Å². The Labute approximate surface area is 146 Å². The Morgan fingerprint density at radius 3 is 2.61 bits per heavy atom. The van der Waals surface area contributed by atoms with Gasteiger partial charge in [0.25, 0.3) is 11.6 Å². The zero-order chi connectivity index (χ0) is 16.1. The van der Waals surface area contributed by atoms with Gasteiger partial charge in [-0.15, -0.1) is 12.4 Å². The van der Waals surface area contributed by atoms with Gasteiger partial charge >= 0.3 is 0 Å². The molecule has 1 aromatic rings. The first kappa shape index (κ1) is 19.7. The molecular weight excluding hydrogens is 341 g/mol. The number of amides is 1. The SMILES string of the molecule is CCCN(C(=O)c1ccc([N+](=O)[O-])cc1Cl)C1CCNCC1.Cl. The molecule has 0 unspecified atom stereocenters. The number of benzene rings is 1. The van der Waals surface area contributed by atoms with Gasteiger partial charge in [0, 0.05) is 24.7 Å². The normalized spacial score (nSPS) is 14.9. The molecule has 1 saturated heterocycles. The van der Waals surface area contributed by atoms with E-state index in [9.17, 15) is 14.9 Å². The minimum Gasteiger partial charge on any atom is -0.336 e. The van der Waals surface area contributed by atoms with Crippen molar-refractivity contribution in [2.45, 2.75) is 32.2 Å². The molecule has 1 aliphatic heterocycles. The molecule has 1 fully saturated rings. The monoisotopic (exact) mass is 361 g/mol. The van der Waals surface area contributed by atoms with Crippen LogP contribution in [0.25, 0.3) is 0 Å². The number of non-ortho nitro benzene ring substituents is 1. The van der Waals surface area contributed by atoms with Gasteiger partial charge in [-0.3, -0.25) is 14.9 Å². The molecule has 0 atom stereocenters. The van der Waals surface area contributed by atoms with Crippen molar-refractivity contribution in [1.82, 2.24) is 10.2 Å². The fourth-order valence-corrected chi connectivity index (χ4v) is 3.01. The van der Waals surface area contributed by atoms with E-state index in [2.05, 4.69) is 5.32 Å². The lowest BCUT2D eigenvalue weighted by Crippen LogP contribution is -2.46. The van der Waals surface area contributed by atoms with E-state index in [0.29, 0.717) is 12.1 Å². The van der Waals surface area contributed by atoms with Crippen LogP contribution in [0.15, 0.2) is 18.2 Å². The van der Waals surface area contributed by atoms with E-state index >= 15 is 0 Å². The summed E-state index contributed by atoms with van der Waals surface area (Å²) >= 11 is 6.09. The van der Waals surface area contributed by atoms with Gasteiger partial charge in [-0.1, -0.05) is 18.5 Å². The molecule has 0 aliphatic carbocycles. The van der Waals surface area contributed by atoms with Crippen molar-refractivity contribution in [2.24, 2.45) is 0 Å². The summed E-state index contributed by atoms with van der Waals surface area (Å²) in [6, 6.07) is 4.21. The van der Waals surface area contributed by atoms with Crippen LogP contribution in [0.4, 0.5) is 5.69 Å². The molecule has 0 aromatic heterocycles. The Hall–Kier alpha value is -1.37. The Morgan fingerprint density at radius 2 is 2.09 bits per heavy atom. The number of piperidine rings is 1. The van der Waals surface area contributed by atoms with Crippen molar-refractivity contribution in [3.05, 3.63) is 38.9 Å². The average molecular weight is 362 g/mol. The molecule has 1 N–H and O–H groups in total. The molecule has 1 amide bonds. The number of hydrogen-bond donors (Lipinski definition) is 1. The topological polar surface area (TPSA) is 75.5 Å². The third-order valence-electron chi connectivity index (χ3n) is 3.87. The lowest BCUT2D eigenvalue weighted by molar-refractivity contribution is -0.384. The fourth-order valence-electron chi connectivity index (χ4n) is 2.75. The molecule has 1 heterocycles. The highest BCUT2D eigenvalue weighted by atomic mass is 35.5. The number of nitro groups is 1. The first-order chi connectivity index (χ1) is 10.5. The molecule has 128 valence electrons. The molecular formula is C15H21Cl2N3O3. The zero-order valence-electron chi connectivity index (χ0n) is 13.0. The van der Waals surface area contributed by atoms with Crippen molar-refractivity contribution in [1.29, 1.82) is 0 Å². The van der Waals surface area contributed by atoms with Crippen LogP contribution in [0.3, 0.4) is 0 Å². The van der Waals surface area contributed by atoms with Gasteiger partial charge in [0.05, 0.1) is 15.5 Å². The first-order valence-electron chi connectivity index (χ1n) is 7.50. The summed E-state index contributed by atoms with van der Waals surface area (Å²) in [5, 5.41) is 14.2. The number of carbonyl (C=O) groups excluding carboxylic acids is 1. The van der Waals surface area contributed by atoms with Crippen LogP contribution in [0.5, 0.6) is 0 Å². The number of halogens is 2. The molecule has 6 nitrogen and oxygen atoms in total. The Kier molecular flexibility index (Phi) is 7.75. The van der Waals surface area contributed by atoms with E-state index in [1.807, 2.05) is 11.8 Å². The number of carbonyl (C=O) groups is 1. The van der Waals surface area contributed by atoms with Gasteiger partial charge in [0.15, 0.2) is 0 Å². The van der Waals surface area contributed by atoms with Crippen LogP contribution in [0.1, 0.15) is 36.5 Å². The molecule has 0 saturated carbocycles. The first-order valence-corrected chi connectivity index (χ1v) is 7.88. The third-order valence-corrected chi connectivity index (χ3v) is 4.18. The Morgan fingerprint density at radius 1 is 1.43 bits per heavy atom. The summed E-state index contributed by atoms with van der Waals surface area (Å²) in [6.45, 7) is 4.48. The van der Waals surface area contributed by atoms with Crippen molar-refractivity contribution in [3.8, 4) is 0 Å². The van der Waals surface area contributed by atoms with Crippen molar-refractivity contribution in [3.63, 3.8) is 0 Å². The quantitative estimate of drug-likeness (QED) is 0.644. The number of rotatable bonds is 5.